The van der Waals surface area contributed by atoms with Crippen molar-refractivity contribution in [3.63, 3.8) is 0 Å². The van der Waals surface area contributed by atoms with E-state index in [0.717, 1.165) is 6.42 Å². The molecule has 108 valence electrons. The topological polar surface area (TPSA) is 75.6 Å². The molecule has 1 aliphatic carbocycles. The highest BCUT2D eigenvalue weighted by Gasteiger charge is 2.37. The van der Waals surface area contributed by atoms with Crippen LogP contribution in [0.25, 0.3) is 0 Å². The molecule has 5 nitrogen and oxygen atoms in total. The maximum Gasteiger partial charge on any atom is 0.407 e. The van der Waals surface area contributed by atoms with Gasteiger partial charge in [-0.15, -0.1) is 0 Å². The highest BCUT2D eigenvalue weighted by Crippen LogP contribution is 2.30. The Morgan fingerprint density at radius 1 is 1.42 bits per heavy atom. The summed E-state index contributed by atoms with van der Waals surface area (Å²) in [6.07, 6.45) is 6.90. The lowest BCUT2D eigenvalue weighted by atomic mass is 9.83. The molecule has 0 unspecified atom stereocenters. The Balaban J connectivity index is 1.89. The number of rotatable bonds is 5. The van der Waals surface area contributed by atoms with Crippen LogP contribution >= 0.6 is 0 Å². The predicted octanol–water partition coefficient (Wildman–Crippen LogP) is 2.54. The minimum Gasteiger partial charge on any atom is -0.481 e. The first kappa shape index (κ1) is 14.2. The Labute approximate surface area is 113 Å². The van der Waals surface area contributed by atoms with Gasteiger partial charge in [0.15, 0.2) is 0 Å². The summed E-state index contributed by atoms with van der Waals surface area (Å²) in [7, 11) is 0. The molecule has 0 aromatic carbocycles. The molecule has 0 aromatic rings. The lowest BCUT2D eigenvalue weighted by Crippen LogP contribution is -2.35. The van der Waals surface area contributed by atoms with Crippen LogP contribution < -0.4 is 5.32 Å². The van der Waals surface area contributed by atoms with Gasteiger partial charge in [-0.1, -0.05) is 39.0 Å². The summed E-state index contributed by atoms with van der Waals surface area (Å²) in [5, 5.41) is 11.8. The Kier molecular flexibility index (Phi) is 4.66. The molecule has 0 spiro atoms. The number of carbonyl (C=O) groups excluding carboxylic acids is 1. The summed E-state index contributed by atoms with van der Waals surface area (Å²) in [4.78, 5) is 22.3. The Morgan fingerprint density at radius 3 is 2.74 bits per heavy atom. The minimum absolute atomic E-state index is 0.0163. The van der Waals surface area contributed by atoms with Crippen LogP contribution in [0.2, 0.25) is 0 Å². The van der Waals surface area contributed by atoms with Crippen molar-refractivity contribution in [2.75, 3.05) is 0 Å². The lowest BCUT2D eigenvalue weighted by Gasteiger charge is -2.26. The van der Waals surface area contributed by atoms with E-state index in [1.807, 2.05) is 0 Å². The number of carboxylic acid groups (broad SMARTS) is 1. The van der Waals surface area contributed by atoms with E-state index in [-0.39, 0.29) is 12.1 Å². The van der Waals surface area contributed by atoms with Crippen LogP contribution in [0.15, 0.2) is 0 Å². The molecular formula is C14H23NO4. The third kappa shape index (κ3) is 3.85. The summed E-state index contributed by atoms with van der Waals surface area (Å²) in [6, 6.07) is -0.0163. The van der Waals surface area contributed by atoms with E-state index in [0.29, 0.717) is 12.3 Å². The van der Waals surface area contributed by atoms with Gasteiger partial charge in [-0.25, -0.2) is 4.79 Å². The smallest absolute Gasteiger partial charge is 0.407 e. The first-order valence-electron chi connectivity index (χ1n) is 7.26. The molecule has 2 fully saturated rings. The van der Waals surface area contributed by atoms with Crippen LogP contribution in [0, 0.1) is 11.8 Å². The standard InChI is InChI=1S/C14H23NO4/c1-9(13(16)17)7-12-11(15-14(18)19-12)8-10-5-3-2-4-6-10/h9-12H,2-8H2,1H3,(H,15,18)(H,16,17)/t9-,11+,12+/m1/s1. The van der Waals surface area contributed by atoms with E-state index in [2.05, 4.69) is 5.32 Å². The third-order valence-corrected chi connectivity index (χ3v) is 4.33. The number of alkyl carbamates (subject to hydrolysis) is 1. The second-order valence-corrected chi connectivity index (χ2v) is 5.91. The lowest BCUT2D eigenvalue weighted by molar-refractivity contribution is -0.142. The zero-order chi connectivity index (χ0) is 13.8. The van der Waals surface area contributed by atoms with E-state index in [4.69, 9.17) is 9.84 Å². The van der Waals surface area contributed by atoms with E-state index in [1.54, 1.807) is 6.92 Å². The van der Waals surface area contributed by atoms with Crippen molar-refractivity contribution in [2.45, 2.75) is 64.0 Å². The van der Waals surface area contributed by atoms with Crippen molar-refractivity contribution >= 4 is 12.1 Å². The van der Waals surface area contributed by atoms with Crippen LogP contribution in [0.5, 0.6) is 0 Å². The number of hydrogen-bond donors (Lipinski definition) is 2. The van der Waals surface area contributed by atoms with Gasteiger partial charge in [0, 0.05) is 0 Å². The molecule has 0 radical (unpaired) electrons. The largest absolute Gasteiger partial charge is 0.481 e. The average Bonchev–Trinajstić information content (AvgIpc) is 2.70. The van der Waals surface area contributed by atoms with E-state index >= 15 is 0 Å². The second kappa shape index (κ2) is 6.26. The SMILES string of the molecule is C[C@H](C[C@@H]1OC(=O)N[C@H]1CC1CCCCC1)C(=O)O. The van der Waals surface area contributed by atoms with Gasteiger partial charge in [0.05, 0.1) is 12.0 Å². The number of carbonyl (C=O) groups is 2. The molecule has 2 N–H and O–H groups in total. The van der Waals surface area contributed by atoms with Gasteiger partial charge < -0.3 is 15.2 Å². The molecule has 2 rings (SSSR count). The first-order chi connectivity index (χ1) is 9.06. The molecule has 0 bridgehead atoms. The molecule has 1 aliphatic heterocycles. The van der Waals surface area contributed by atoms with Crippen LogP contribution in [0.1, 0.15) is 51.9 Å². The number of nitrogens with one attached hydrogen (secondary N) is 1. The zero-order valence-corrected chi connectivity index (χ0v) is 11.4. The number of ether oxygens (including phenoxy) is 1. The van der Waals surface area contributed by atoms with E-state index in [1.165, 1.54) is 32.1 Å². The maximum atomic E-state index is 11.4. The summed E-state index contributed by atoms with van der Waals surface area (Å²) in [6.45, 7) is 1.66. The Morgan fingerprint density at radius 2 is 2.11 bits per heavy atom. The quantitative estimate of drug-likeness (QED) is 0.804. The van der Waals surface area contributed by atoms with Crippen LogP contribution in [0.3, 0.4) is 0 Å². The van der Waals surface area contributed by atoms with Gasteiger partial charge in [-0.3, -0.25) is 4.79 Å². The van der Waals surface area contributed by atoms with Gasteiger partial charge in [0.25, 0.3) is 0 Å². The average molecular weight is 269 g/mol. The van der Waals surface area contributed by atoms with Crippen LogP contribution in [-0.2, 0) is 9.53 Å². The van der Waals surface area contributed by atoms with Crippen molar-refractivity contribution in [1.82, 2.24) is 5.32 Å². The molecule has 1 saturated heterocycles. The molecule has 19 heavy (non-hydrogen) atoms. The molecule has 2 aliphatic rings. The zero-order valence-electron chi connectivity index (χ0n) is 11.4. The Bertz CT molecular complexity index is 338. The molecule has 1 heterocycles. The number of aliphatic carboxylic acids is 1. The summed E-state index contributed by atoms with van der Waals surface area (Å²) in [5.41, 5.74) is 0. The van der Waals surface area contributed by atoms with Crippen molar-refractivity contribution in [3.05, 3.63) is 0 Å². The second-order valence-electron chi connectivity index (χ2n) is 5.91. The normalized spacial score (nSPS) is 29.6. The predicted molar refractivity (Wildman–Crippen MR) is 69.8 cm³/mol. The monoisotopic (exact) mass is 269 g/mol. The van der Waals surface area contributed by atoms with E-state index in [9.17, 15) is 9.59 Å². The number of cyclic esters (lactones) is 1. The molecule has 0 aromatic heterocycles. The first-order valence-corrected chi connectivity index (χ1v) is 7.26. The number of amides is 1. The maximum absolute atomic E-state index is 11.4. The minimum atomic E-state index is -0.834. The Hall–Kier alpha value is -1.26. The highest BCUT2D eigenvalue weighted by molar-refractivity contribution is 5.71. The van der Waals surface area contributed by atoms with Gasteiger partial charge in [0.1, 0.15) is 6.10 Å². The van der Waals surface area contributed by atoms with Crippen molar-refractivity contribution < 1.29 is 19.4 Å². The fourth-order valence-electron chi connectivity index (χ4n) is 3.15. The summed E-state index contributed by atoms with van der Waals surface area (Å²) >= 11 is 0. The molecule has 1 saturated carbocycles. The fourth-order valence-corrected chi connectivity index (χ4v) is 3.15. The molecule has 1 amide bonds. The summed E-state index contributed by atoms with van der Waals surface area (Å²) < 4.78 is 5.22. The van der Waals surface area contributed by atoms with Crippen LogP contribution in [-0.4, -0.2) is 29.3 Å². The fraction of sp³-hybridized carbons (Fsp3) is 0.857. The molecule has 5 heteroatoms. The summed E-state index contributed by atoms with van der Waals surface area (Å²) in [5.74, 6) is -0.672. The van der Waals surface area contributed by atoms with Crippen molar-refractivity contribution in [1.29, 1.82) is 0 Å². The van der Waals surface area contributed by atoms with Crippen LogP contribution in [0.4, 0.5) is 4.79 Å². The van der Waals surface area contributed by atoms with Crippen molar-refractivity contribution in [3.8, 4) is 0 Å². The molecule has 3 atom stereocenters. The van der Waals surface area contributed by atoms with Gasteiger partial charge in [-0.05, 0) is 18.8 Å². The van der Waals surface area contributed by atoms with Gasteiger partial charge >= 0.3 is 12.1 Å². The van der Waals surface area contributed by atoms with Gasteiger partial charge in [0.2, 0.25) is 0 Å². The number of carboxylic acids is 1. The highest BCUT2D eigenvalue weighted by atomic mass is 16.6. The third-order valence-electron chi connectivity index (χ3n) is 4.33. The molecular weight excluding hydrogens is 246 g/mol. The van der Waals surface area contributed by atoms with Gasteiger partial charge in [-0.2, -0.15) is 0 Å². The van der Waals surface area contributed by atoms with Crippen molar-refractivity contribution in [2.24, 2.45) is 11.8 Å². The number of hydrogen-bond acceptors (Lipinski definition) is 3. The van der Waals surface area contributed by atoms with E-state index < -0.39 is 18.0 Å².